The summed E-state index contributed by atoms with van der Waals surface area (Å²) < 4.78 is 3.16. The Kier molecular flexibility index (Phi) is 5.83. The first-order chi connectivity index (χ1) is 16.4. The zero-order chi connectivity index (χ0) is 25.5. The summed E-state index contributed by atoms with van der Waals surface area (Å²) in [6.45, 7) is 0. The molecule has 2 aromatic rings. The number of halogens is 6. The van der Waals surface area contributed by atoms with E-state index >= 15 is 0 Å². The summed E-state index contributed by atoms with van der Waals surface area (Å²) in [7, 11) is 1.52. The van der Waals surface area contributed by atoms with Crippen molar-refractivity contribution in [1.29, 1.82) is 0 Å². The molecule has 3 amide bonds. The van der Waals surface area contributed by atoms with Gasteiger partial charge in [-0.3, -0.25) is 14.4 Å². The summed E-state index contributed by atoms with van der Waals surface area (Å²) in [6, 6.07) is 12.8. The maximum atomic E-state index is 13.4. The van der Waals surface area contributed by atoms with Gasteiger partial charge in [0.1, 0.15) is 15.5 Å². The van der Waals surface area contributed by atoms with Crippen LogP contribution in [0.15, 0.2) is 58.6 Å². The Morgan fingerprint density at radius 1 is 0.914 bits per heavy atom. The Hall–Kier alpha value is -1.67. The maximum absolute atomic E-state index is 13.4. The molecule has 3 aliphatic rings. The minimum absolute atomic E-state index is 0.158. The van der Waals surface area contributed by atoms with E-state index in [1.54, 1.807) is 24.3 Å². The number of rotatable bonds is 4. The summed E-state index contributed by atoms with van der Waals surface area (Å²) in [6.07, 6.45) is 0. The number of nitrogens with one attached hydrogen (secondary N) is 1. The predicted octanol–water partition coefficient (Wildman–Crippen LogP) is 5.90. The minimum atomic E-state index is -1.99. The van der Waals surface area contributed by atoms with Gasteiger partial charge in [0.2, 0.25) is 11.8 Å². The van der Waals surface area contributed by atoms with Crippen LogP contribution in [0.2, 0.25) is 0 Å². The van der Waals surface area contributed by atoms with Gasteiger partial charge in [-0.15, -0.1) is 23.2 Å². The molecule has 2 aliphatic carbocycles. The van der Waals surface area contributed by atoms with Gasteiger partial charge in [-0.05, 0) is 36.4 Å². The van der Waals surface area contributed by atoms with Crippen LogP contribution < -0.4 is 15.0 Å². The van der Waals surface area contributed by atoms with E-state index in [9.17, 15) is 14.4 Å². The molecule has 1 saturated heterocycles. The monoisotopic (exact) mass is 592 g/mol. The van der Waals surface area contributed by atoms with Gasteiger partial charge in [-0.1, -0.05) is 52.5 Å². The van der Waals surface area contributed by atoms with Crippen LogP contribution in [-0.2, 0) is 9.59 Å². The van der Waals surface area contributed by atoms with Crippen LogP contribution in [0, 0.1) is 11.8 Å². The largest absolute Gasteiger partial charge is 0.497 e. The third-order valence-corrected chi connectivity index (χ3v) is 10.9. The lowest BCUT2D eigenvalue weighted by atomic mass is 9.84. The first-order valence-electron chi connectivity index (χ1n) is 10.2. The van der Waals surface area contributed by atoms with Crippen LogP contribution in [0.3, 0.4) is 0 Å². The lowest BCUT2D eigenvalue weighted by Crippen LogP contribution is -2.50. The molecule has 2 bridgehead atoms. The first kappa shape index (κ1) is 25.0. The molecule has 1 aliphatic heterocycles. The second kappa shape index (κ2) is 8.17. The average Bonchev–Trinajstić information content (AvgIpc) is 3.22. The molecular weight excluding hydrogens is 581 g/mol. The molecule has 1 saturated carbocycles. The highest BCUT2D eigenvalue weighted by atomic mass is 35.5. The molecule has 0 radical (unpaired) electrons. The molecule has 6 nitrogen and oxygen atoms in total. The van der Waals surface area contributed by atoms with Crippen LogP contribution in [-0.4, -0.2) is 38.9 Å². The van der Waals surface area contributed by atoms with E-state index in [2.05, 4.69) is 5.32 Å². The molecule has 5 rings (SSSR count). The average molecular weight is 595 g/mol. The van der Waals surface area contributed by atoms with E-state index in [0.717, 1.165) is 4.90 Å². The van der Waals surface area contributed by atoms with Gasteiger partial charge >= 0.3 is 0 Å². The normalized spacial score (nSPS) is 30.7. The number of fused-ring (bicyclic) bond motifs is 5. The topological polar surface area (TPSA) is 75.7 Å². The Bertz CT molecular complexity index is 1280. The molecular formula is C23H14Cl6N2O4. The van der Waals surface area contributed by atoms with Crippen molar-refractivity contribution in [2.45, 2.75) is 14.1 Å². The molecule has 1 heterocycles. The van der Waals surface area contributed by atoms with Crippen molar-refractivity contribution in [1.82, 2.24) is 0 Å². The highest BCUT2D eigenvalue weighted by Crippen LogP contribution is 2.77. The van der Waals surface area contributed by atoms with Crippen LogP contribution >= 0.6 is 69.6 Å². The summed E-state index contributed by atoms with van der Waals surface area (Å²) in [5.41, 5.74) is 1.06. The SMILES string of the molecule is COc1cccc(NC(=O)c2ccc(N3C(=O)[C@@H]4[C@@H](C3=O)[C@@]3(Cl)C(Cl)=C(Cl)[C@@]4(Cl)C3(Cl)Cl)cc2)c1. The van der Waals surface area contributed by atoms with Gasteiger partial charge in [0.05, 0.1) is 34.7 Å². The molecule has 2 aromatic carbocycles. The first-order valence-corrected chi connectivity index (χ1v) is 12.4. The van der Waals surface area contributed by atoms with Gasteiger partial charge < -0.3 is 10.1 Å². The van der Waals surface area contributed by atoms with E-state index < -0.39 is 43.6 Å². The van der Waals surface area contributed by atoms with Crippen molar-refractivity contribution in [3.05, 3.63) is 64.2 Å². The molecule has 4 atom stereocenters. The highest BCUT2D eigenvalue weighted by Gasteiger charge is 2.87. The van der Waals surface area contributed by atoms with E-state index in [0.29, 0.717) is 17.0 Å². The van der Waals surface area contributed by atoms with Gasteiger partial charge in [-0.25, -0.2) is 4.90 Å². The van der Waals surface area contributed by atoms with Crippen molar-refractivity contribution < 1.29 is 19.1 Å². The number of alkyl halides is 4. The zero-order valence-electron chi connectivity index (χ0n) is 17.6. The summed E-state index contributed by atoms with van der Waals surface area (Å²) in [5, 5.41) is 2.44. The number of carbonyl (C=O) groups is 3. The number of carbonyl (C=O) groups excluding carboxylic acids is 3. The van der Waals surface area contributed by atoms with E-state index in [-0.39, 0.29) is 15.8 Å². The molecule has 2 fully saturated rings. The third kappa shape index (κ3) is 3.08. The number of methoxy groups -OCH3 is 1. The molecule has 12 heteroatoms. The number of benzene rings is 2. The van der Waals surface area contributed by atoms with Gasteiger partial charge in [0, 0.05) is 17.3 Å². The van der Waals surface area contributed by atoms with Crippen molar-refractivity contribution in [3.8, 4) is 5.75 Å². The fraction of sp³-hybridized carbons (Fsp3) is 0.261. The van der Waals surface area contributed by atoms with Gasteiger partial charge in [0.15, 0.2) is 4.33 Å². The molecule has 35 heavy (non-hydrogen) atoms. The molecule has 1 N–H and O–H groups in total. The molecule has 0 unspecified atom stereocenters. The summed E-state index contributed by atoms with van der Waals surface area (Å²) in [5.74, 6) is -3.59. The van der Waals surface area contributed by atoms with Crippen LogP contribution in [0.25, 0.3) is 0 Å². The minimum Gasteiger partial charge on any atom is -0.497 e. The number of imide groups is 1. The number of anilines is 2. The fourth-order valence-corrected chi connectivity index (χ4v) is 7.84. The lowest BCUT2D eigenvalue weighted by molar-refractivity contribution is -0.123. The Balaban J connectivity index is 1.43. The lowest BCUT2D eigenvalue weighted by Gasteiger charge is -2.34. The number of nitrogens with zero attached hydrogens (tertiary/aromatic N) is 1. The third-order valence-electron chi connectivity index (χ3n) is 6.62. The number of hydrogen-bond acceptors (Lipinski definition) is 4. The Labute approximate surface area is 230 Å². The maximum Gasteiger partial charge on any atom is 0.255 e. The molecule has 182 valence electrons. The number of hydrogen-bond donors (Lipinski definition) is 1. The van der Waals surface area contributed by atoms with Crippen molar-refractivity contribution in [2.24, 2.45) is 11.8 Å². The van der Waals surface area contributed by atoms with E-state index in [1.807, 2.05) is 0 Å². The fourth-order valence-electron chi connectivity index (χ4n) is 4.92. The number of amides is 3. The van der Waals surface area contributed by atoms with Crippen LogP contribution in [0.5, 0.6) is 5.75 Å². The van der Waals surface area contributed by atoms with Crippen molar-refractivity contribution >= 4 is 98.7 Å². The van der Waals surface area contributed by atoms with E-state index in [4.69, 9.17) is 74.3 Å². The zero-order valence-corrected chi connectivity index (χ0v) is 22.2. The van der Waals surface area contributed by atoms with Crippen molar-refractivity contribution in [2.75, 3.05) is 17.3 Å². The number of allylic oxidation sites excluding steroid dienone is 2. The van der Waals surface area contributed by atoms with E-state index in [1.165, 1.54) is 31.4 Å². The van der Waals surface area contributed by atoms with Crippen LogP contribution in [0.4, 0.5) is 11.4 Å². The second-order valence-corrected chi connectivity index (χ2v) is 11.6. The Morgan fingerprint density at radius 2 is 1.46 bits per heavy atom. The van der Waals surface area contributed by atoms with Crippen molar-refractivity contribution in [3.63, 3.8) is 0 Å². The smallest absolute Gasteiger partial charge is 0.255 e. The highest BCUT2D eigenvalue weighted by molar-refractivity contribution is 6.67. The second-order valence-electron chi connectivity index (χ2n) is 8.33. The van der Waals surface area contributed by atoms with Gasteiger partial charge in [-0.2, -0.15) is 0 Å². The summed E-state index contributed by atoms with van der Waals surface area (Å²) >= 11 is 39.0. The predicted molar refractivity (Wildman–Crippen MR) is 137 cm³/mol. The number of ether oxygens (including phenoxy) is 1. The van der Waals surface area contributed by atoms with Crippen LogP contribution in [0.1, 0.15) is 10.4 Å². The standard InChI is InChI=1S/C23H14Cl6N2O4/c1-35-13-4-2-3-11(9-13)30-18(32)10-5-7-12(8-6-10)31-19(33)14-15(20(31)34)22(27)17(25)16(24)21(14,26)23(22,28)29/h2-9,14-15H,1H3,(H,30,32)/t14-,15-,21+,22+/m0/s1. The quantitative estimate of drug-likeness (QED) is 0.353. The summed E-state index contributed by atoms with van der Waals surface area (Å²) in [4.78, 5) is 36.7. The molecule has 0 spiro atoms. The molecule has 0 aromatic heterocycles. The van der Waals surface area contributed by atoms with Gasteiger partial charge in [0.25, 0.3) is 5.91 Å². The Morgan fingerprint density at radius 3 is 1.97 bits per heavy atom.